The van der Waals surface area contributed by atoms with Crippen molar-refractivity contribution in [2.75, 3.05) is 50.1 Å². The van der Waals surface area contributed by atoms with E-state index >= 15 is 0 Å². The lowest BCUT2D eigenvalue weighted by atomic mass is 10.2. The first-order chi connectivity index (χ1) is 21.1. The largest absolute Gasteiger partial charge is 0.493 e. The smallest absolute Gasteiger partial charge is 0.469 e. The molecule has 0 spiro atoms. The number of H-pyrrole nitrogens is 1. The lowest BCUT2D eigenvalue weighted by Crippen LogP contribution is -2.28. The van der Waals surface area contributed by atoms with Gasteiger partial charge < -0.3 is 35.2 Å². The van der Waals surface area contributed by atoms with Crippen LogP contribution in [0.5, 0.6) is 5.75 Å². The Morgan fingerprint density at radius 3 is 2.61 bits per heavy atom. The maximum Gasteiger partial charge on any atom is 0.469 e. The number of hydrogen-bond donors (Lipinski definition) is 6. The molecule has 0 unspecified atom stereocenters. The first-order valence-corrected chi connectivity index (χ1v) is 15.4. The predicted molar refractivity (Wildman–Crippen MR) is 163 cm³/mol. The third-order valence-corrected chi connectivity index (χ3v) is 6.59. The number of halogens is 1. The maximum absolute atomic E-state index is 13.3. The van der Waals surface area contributed by atoms with E-state index in [1.165, 1.54) is 31.5 Å². The molecule has 0 radical (unpaired) electrons. The van der Waals surface area contributed by atoms with Crippen LogP contribution in [0, 0.1) is 5.82 Å². The molecule has 16 heteroatoms. The highest BCUT2D eigenvalue weighted by Crippen LogP contribution is 2.35. The molecule has 0 saturated heterocycles. The number of aliphatic hydroxyl groups excluding tert-OH is 1. The Kier molecular flexibility index (Phi) is 13.6. The van der Waals surface area contributed by atoms with E-state index in [9.17, 15) is 13.8 Å². The highest BCUT2D eigenvalue weighted by atomic mass is 31.2. The van der Waals surface area contributed by atoms with Crippen molar-refractivity contribution in [2.45, 2.75) is 26.7 Å². The molecule has 14 nitrogen and oxygen atoms in total. The quantitative estimate of drug-likeness (QED) is 0.0823. The third kappa shape index (κ3) is 12.0. The van der Waals surface area contributed by atoms with Crippen molar-refractivity contribution in [2.24, 2.45) is 0 Å². The summed E-state index contributed by atoms with van der Waals surface area (Å²) in [6.45, 7) is 6.76. The van der Waals surface area contributed by atoms with Crippen LogP contribution in [-0.2, 0) is 20.3 Å². The zero-order valence-electron chi connectivity index (χ0n) is 24.4. The van der Waals surface area contributed by atoms with Crippen LogP contribution in [-0.4, -0.2) is 85.3 Å². The molecule has 0 aliphatic carbocycles. The summed E-state index contributed by atoms with van der Waals surface area (Å²) in [6, 6.07) is 13.1. The lowest BCUT2D eigenvalue weighted by molar-refractivity contribution is -0.115. The Labute approximate surface area is 253 Å². The number of rotatable bonds is 15. The van der Waals surface area contributed by atoms with Gasteiger partial charge in [0.25, 0.3) is 0 Å². The van der Waals surface area contributed by atoms with Crippen LogP contribution < -0.4 is 15.4 Å². The minimum absolute atomic E-state index is 0.0459. The number of benzene rings is 2. The van der Waals surface area contributed by atoms with Crippen LogP contribution in [0.15, 0.2) is 54.9 Å². The molecule has 0 saturated carbocycles. The van der Waals surface area contributed by atoms with Gasteiger partial charge in [-0.3, -0.25) is 14.4 Å². The van der Waals surface area contributed by atoms with Gasteiger partial charge in [-0.15, -0.1) is 0 Å². The zero-order valence-corrected chi connectivity index (χ0v) is 25.3. The number of aliphatic hydroxyl groups is 1. The van der Waals surface area contributed by atoms with Gasteiger partial charge in [0.2, 0.25) is 5.91 Å². The number of likely N-dealkylation sites (N-methyl/N-ethyl adjacent to an activating group) is 1. The van der Waals surface area contributed by atoms with Crippen molar-refractivity contribution in [3.63, 3.8) is 0 Å². The standard InChI is InChI=1S/C26H30FN7O3.C2H7O4P/c1-2-34(10-11-35)9-4-12-37-21-7-8-22-23(16-21)28-17-29-26(22)31-24-14-20(32-33-24)15-25(36)30-19-6-3-5-18(27)13-19;1-2-6-7(3,4)5/h3,5-8,13-14,16-17,35H,2,4,9-12,15H2,1H3,(H,30,36)(H2,28,29,31,32,33);2H2,1H3,(H2,3,4,5). The minimum Gasteiger partial charge on any atom is -0.493 e. The van der Waals surface area contributed by atoms with E-state index in [-0.39, 0.29) is 25.5 Å². The number of nitrogens with one attached hydrogen (secondary N) is 3. The van der Waals surface area contributed by atoms with Crippen LogP contribution in [0.4, 0.5) is 21.7 Å². The van der Waals surface area contributed by atoms with Crippen LogP contribution in [0.3, 0.4) is 0 Å². The molecule has 0 fully saturated rings. The lowest BCUT2D eigenvalue weighted by Gasteiger charge is -2.18. The number of phosphoric acid groups is 1. The number of aromatic amines is 1. The van der Waals surface area contributed by atoms with E-state index in [4.69, 9.17) is 19.6 Å². The fourth-order valence-corrected chi connectivity index (χ4v) is 4.36. The van der Waals surface area contributed by atoms with Crippen molar-refractivity contribution >= 4 is 42.0 Å². The number of hydrogen-bond acceptors (Lipinski definition) is 10. The van der Waals surface area contributed by atoms with E-state index in [1.807, 2.05) is 18.2 Å². The molecule has 2 heterocycles. The van der Waals surface area contributed by atoms with E-state index in [1.54, 1.807) is 12.1 Å². The van der Waals surface area contributed by atoms with Crippen LogP contribution in [0.2, 0.25) is 0 Å². The number of ether oxygens (including phenoxy) is 1. The van der Waals surface area contributed by atoms with Crippen LogP contribution >= 0.6 is 7.82 Å². The molecule has 4 rings (SSSR count). The van der Waals surface area contributed by atoms with Crippen molar-refractivity contribution in [1.82, 2.24) is 25.1 Å². The van der Waals surface area contributed by atoms with E-state index < -0.39 is 13.6 Å². The fourth-order valence-electron chi connectivity index (χ4n) is 4.02. The first-order valence-electron chi connectivity index (χ1n) is 13.9. The maximum atomic E-state index is 13.3. The highest BCUT2D eigenvalue weighted by Gasteiger charge is 2.12. The van der Waals surface area contributed by atoms with E-state index in [0.29, 0.717) is 41.9 Å². The number of aromatic nitrogens is 4. The number of phosphoric ester groups is 1. The molecule has 0 aliphatic rings. The van der Waals surface area contributed by atoms with Gasteiger partial charge >= 0.3 is 7.82 Å². The normalized spacial score (nSPS) is 11.2. The summed E-state index contributed by atoms with van der Waals surface area (Å²) in [7, 11) is -4.17. The average molecular weight is 634 g/mol. The highest BCUT2D eigenvalue weighted by molar-refractivity contribution is 7.46. The van der Waals surface area contributed by atoms with Gasteiger partial charge in [0.1, 0.15) is 23.7 Å². The number of carbonyl (C=O) groups is 1. The number of amides is 1. The summed E-state index contributed by atoms with van der Waals surface area (Å²) in [5.74, 6) is 1.07. The van der Waals surface area contributed by atoms with Crippen LogP contribution in [0.25, 0.3) is 10.9 Å². The summed E-state index contributed by atoms with van der Waals surface area (Å²) < 4.78 is 32.8. The molecule has 2 aromatic heterocycles. The number of fused-ring (bicyclic) bond motifs is 1. The second-order valence-corrected chi connectivity index (χ2v) is 10.5. The molecule has 0 atom stereocenters. The van der Waals surface area contributed by atoms with Gasteiger partial charge in [0, 0.05) is 42.0 Å². The molecule has 1 amide bonds. The van der Waals surface area contributed by atoms with Gasteiger partial charge in [0.15, 0.2) is 5.82 Å². The summed E-state index contributed by atoms with van der Waals surface area (Å²) in [5.41, 5.74) is 1.70. The number of anilines is 3. The molecule has 44 heavy (non-hydrogen) atoms. The van der Waals surface area contributed by atoms with Crippen molar-refractivity contribution in [3.8, 4) is 5.75 Å². The van der Waals surface area contributed by atoms with Gasteiger partial charge in [-0.05, 0) is 50.2 Å². The Bertz CT molecular complexity index is 1540. The minimum atomic E-state index is -4.17. The van der Waals surface area contributed by atoms with Crippen molar-refractivity contribution in [3.05, 3.63) is 66.4 Å². The molecule has 0 bridgehead atoms. The predicted octanol–water partition coefficient (Wildman–Crippen LogP) is 3.62. The van der Waals surface area contributed by atoms with Crippen molar-refractivity contribution in [1.29, 1.82) is 0 Å². The SMILES string of the molecule is CCN(CCO)CCCOc1ccc2c(Nc3cc(CC(=O)Nc4cccc(F)c4)[nH]n3)ncnc2c1.CCOP(=O)(O)O. The molecule has 238 valence electrons. The molecule has 2 aromatic carbocycles. The number of carbonyl (C=O) groups excluding carboxylic acids is 1. The van der Waals surface area contributed by atoms with E-state index in [0.717, 1.165) is 30.4 Å². The molecular formula is C28H37FN7O7P. The van der Waals surface area contributed by atoms with Crippen molar-refractivity contribution < 1.29 is 37.9 Å². The summed E-state index contributed by atoms with van der Waals surface area (Å²) in [6.07, 6.45) is 2.36. The average Bonchev–Trinajstić information content (AvgIpc) is 3.40. The molecule has 4 aromatic rings. The Hall–Kier alpha value is -3.98. The summed E-state index contributed by atoms with van der Waals surface area (Å²) >= 11 is 0. The Morgan fingerprint density at radius 1 is 1.11 bits per heavy atom. The van der Waals surface area contributed by atoms with Crippen LogP contribution in [0.1, 0.15) is 26.0 Å². The van der Waals surface area contributed by atoms with Gasteiger partial charge in [0.05, 0.1) is 31.8 Å². The summed E-state index contributed by atoms with van der Waals surface area (Å²) in [5, 5.41) is 22.7. The second-order valence-electron chi connectivity index (χ2n) is 9.31. The Balaban J connectivity index is 0.000000676. The molecular weight excluding hydrogens is 596 g/mol. The monoisotopic (exact) mass is 633 g/mol. The number of nitrogens with zero attached hydrogens (tertiary/aromatic N) is 4. The summed E-state index contributed by atoms with van der Waals surface area (Å²) in [4.78, 5) is 39.0. The fraction of sp³-hybridized carbons (Fsp3) is 0.357. The molecule has 0 aliphatic heterocycles. The van der Waals surface area contributed by atoms with E-state index in [2.05, 4.69) is 47.1 Å². The second kappa shape index (κ2) is 17.3. The first kappa shape index (κ1) is 34.5. The van der Waals surface area contributed by atoms with Gasteiger partial charge in [-0.2, -0.15) is 5.10 Å². The third-order valence-electron chi connectivity index (χ3n) is 5.99. The van der Waals surface area contributed by atoms with Gasteiger partial charge in [-0.25, -0.2) is 18.9 Å². The molecule has 6 N–H and O–H groups in total. The zero-order chi connectivity index (χ0) is 32.0. The topological polar surface area (TPSA) is 195 Å². The van der Waals surface area contributed by atoms with Gasteiger partial charge in [-0.1, -0.05) is 13.0 Å². The Morgan fingerprint density at radius 2 is 1.93 bits per heavy atom.